The molecule has 0 saturated heterocycles. The molecule has 0 radical (unpaired) electrons. The third kappa shape index (κ3) is 6.04. The third-order valence-corrected chi connectivity index (χ3v) is 9.49. The number of carboxylic acid groups (broad SMARTS) is 1. The van der Waals surface area contributed by atoms with Crippen molar-refractivity contribution in [2.75, 3.05) is 13.7 Å². The minimum atomic E-state index is -1.77. The standard InChI is InChI=1S/C19H32O4Si/c1-19(2,3)24(5,6)23-14-16(22-4)12-9-11-15-10-7-8-13-17(15)18(20)21/h7-8,10,13,16H,9,11-12,14H2,1-6H3,(H,20,21). The average Bonchev–Trinajstić information content (AvgIpc) is 2.49. The summed E-state index contributed by atoms with van der Waals surface area (Å²) in [5.41, 5.74) is 1.27. The number of benzene rings is 1. The van der Waals surface area contributed by atoms with Crippen molar-refractivity contribution in [3.63, 3.8) is 0 Å². The van der Waals surface area contributed by atoms with Gasteiger partial charge in [-0.25, -0.2) is 4.79 Å². The fourth-order valence-electron chi connectivity index (χ4n) is 2.25. The zero-order chi connectivity index (χ0) is 18.4. The van der Waals surface area contributed by atoms with Crippen LogP contribution in [0.15, 0.2) is 24.3 Å². The van der Waals surface area contributed by atoms with Gasteiger partial charge >= 0.3 is 5.97 Å². The molecule has 1 rings (SSSR count). The summed E-state index contributed by atoms with van der Waals surface area (Å²) < 4.78 is 11.8. The molecule has 1 N–H and O–H groups in total. The Labute approximate surface area is 147 Å². The van der Waals surface area contributed by atoms with Gasteiger partial charge < -0.3 is 14.3 Å². The molecule has 1 aromatic carbocycles. The first-order valence-corrected chi connectivity index (χ1v) is 11.5. The number of aromatic carboxylic acids is 1. The van der Waals surface area contributed by atoms with Crippen molar-refractivity contribution in [3.05, 3.63) is 35.4 Å². The SMILES string of the molecule is COC(CCCc1ccccc1C(=O)O)CO[Si](C)(C)C(C)(C)C. The van der Waals surface area contributed by atoms with Gasteiger partial charge in [-0.1, -0.05) is 39.0 Å². The summed E-state index contributed by atoms with van der Waals surface area (Å²) in [5.74, 6) is -0.866. The van der Waals surface area contributed by atoms with Gasteiger partial charge in [0.25, 0.3) is 0 Å². The van der Waals surface area contributed by atoms with E-state index >= 15 is 0 Å². The van der Waals surface area contributed by atoms with Crippen molar-refractivity contribution in [3.8, 4) is 0 Å². The summed E-state index contributed by atoms with van der Waals surface area (Å²) in [4.78, 5) is 11.2. The van der Waals surface area contributed by atoms with Crippen LogP contribution in [0.1, 0.15) is 49.5 Å². The van der Waals surface area contributed by atoms with E-state index in [1.165, 1.54) is 0 Å². The van der Waals surface area contributed by atoms with Crippen LogP contribution in [0.3, 0.4) is 0 Å². The van der Waals surface area contributed by atoms with Crippen LogP contribution in [0.4, 0.5) is 0 Å². The smallest absolute Gasteiger partial charge is 0.335 e. The number of carbonyl (C=O) groups is 1. The molecule has 0 bridgehead atoms. The molecule has 0 aliphatic heterocycles. The Morgan fingerprint density at radius 3 is 2.42 bits per heavy atom. The van der Waals surface area contributed by atoms with E-state index in [0.717, 1.165) is 24.8 Å². The zero-order valence-electron chi connectivity index (χ0n) is 15.9. The maximum atomic E-state index is 11.2. The van der Waals surface area contributed by atoms with Gasteiger partial charge in [-0.2, -0.15) is 0 Å². The first kappa shape index (κ1) is 20.9. The number of rotatable bonds is 9. The van der Waals surface area contributed by atoms with Crippen LogP contribution in [0.25, 0.3) is 0 Å². The average molecular weight is 353 g/mol. The van der Waals surface area contributed by atoms with E-state index in [9.17, 15) is 9.90 Å². The second-order valence-electron chi connectivity index (χ2n) is 7.78. The van der Waals surface area contributed by atoms with E-state index in [1.807, 2.05) is 12.1 Å². The molecule has 0 aliphatic carbocycles. The van der Waals surface area contributed by atoms with Gasteiger partial charge in [-0.15, -0.1) is 0 Å². The first-order chi connectivity index (χ1) is 11.1. The Morgan fingerprint density at radius 1 is 1.25 bits per heavy atom. The molecule has 0 saturated carbocycles. The summed E-state index contributed by atoms with van der Waals surface area (Å²) in [7, 11) is -0.0555. The highest BCUT2D eigenvalue weighted by Gasteiger charge is 2.37. The molecular weight excluding hydrogens is 320 g/mol. The maximum absolute atomic E-state index is 11.2. The van der Waals surface area contributed by atoms with Gasteiger partial charge in [0, 0.05) is 7.11 Å². The van der Waals surface area contributed by atoms with Crippen LogP contribution in [-0.2, 0) is 15.6 Å². The highest BCUT2D eigenvalue weighted by atomic mass is 28.4. The normalized spacial score (nSPS) is 13.8. The van der Waals surface area contributed by atoms with E-state index in [1.54, 1.807) is 19.2 Å². The molecule has 0 amide bonds. The van der Waals surface area contributed by atoms with Gasteiger partial charge in [-0.05, 0) is 49.0 Å². The highest BCUT2D eigenvalue weighted by molar-refractivity contribution is 6.74. The molecular formula is C19H32O4Si. The van der Waals surface area contributed by atoms with Crippen molar-refractivity contribution in [1.82, 2.24) is 0 Å². The number of aryl methyl sites for hydroxylation is 1. The molecule has 5 heteroatoms. The molecule has 1 unspecified atom stereocenters. The van der Waals surface area contributed by atoms with Crippen LogP contribution in [0, 0.1) is 0 Å². The Hall–Kier alpha value is -1.17. The number of methoxy groups -OCH3 is 1. The van der Waals surface area contributed by atoms with Crippen molar-refractivity contribution < 1.29 is 19.1 Å². The summed E-state index contributed by atoms with van der Waals surface area (Å²) in [5, 5.41) is 9.42. The van der Waals surface area contributed by atoms with Crippen molar-refractivity contribution in [1.29, 1.82) is 0 Å². The van der Waals surface area contributed by atoms with E-state index in [2.05, 4.69) is 33.9 Å². The van der Waals surface area contributed by atoms with Crippen molar-refractivity contribution in [2.45, 2.75) is 64.3 Å². The van der Waals surface area contributed by atoms with Crippen LogP contribution in [-0.4, -0.2) is 39.2 Å². The molecule has 136 valence electrons. The monoisotopic (exact) mass is 352 g/mol. The van der Waals surface area contributed by atoms with Gasteiger partial charge in [0.1, 0.15) is 0 Å². The maximum Gasteiger partial charge on any atom is 0.335 e. The van der Waals surface area contributed by atoms with E-state index < -0.39 is 14.3 Å². The van der Waals surface area contributed by atoms with Gasteiger partial charge in [0.15, 0.2) is 8.32 Å². The molecule has 4 nitrogen and oxygen atoms in total. The lowest BCUT2D eigenvalue weighted by Gasteiger charge is -2.37. The Bertz CT molecular complexity index is 534. The Morgan fingerprint density at radius 2 is 1.88 bits per heavy atom. The second kappa shape index (κ2) is 8.79. The van der Waals surface area contributed by atoms with Crippen LogP contribution in [0.2, 0.25) is 18.1 Å². The van der Waals surface area contributed by atoms with E-state index in [4.69, 9.17) is 9.16 Å². The van der Waals surface area contributed by atoms with Crippen molar-refractivity contribution in [2.24, 2.45) is 0 Å². The number of hydrogen-bond acceptors (Lipinski definition) is 3. The molecule has 24 heavy (non-hydrogen) atoms. The summed E-state index contributed by atoms with van der Waals surface area (Å²) in [6.07, 6.45) is 2.53. The summed E-state index contributed by atoms with van der Waals surface area (Å²) >= 11 is 0. The van der Waals surface area contributed by atoms with Crippen LogP contribution in [0.5, 0.6) is 0 Å². The summed E-state index contributed by atoms with van der Waals surface area (Å²) in [6.45, 7) is 11.8. The van der Waals surface area contributed by atoms with Gasteiger partial charge in [0.2, 0.25) is 0 Å². The predicted molar refractivity (Wildman–Crippen MR) is 100 cm³/mol. The van der Waals surface area contributed by atoms with Gasteiger partial charge in [0.05, 0.1) is 18.3 Å². The second-order valence-corrected chi connectivity index (χ2v) is 12.6. The first-order valence-electron chi connectivity index (χ1n) is 8.56. The third-order valence-electron chi connectivity index (χ3n) is 4.99. The minimum Gasteiger partial charge on any atom is -0.478 e. The fraction of sp³-hybridized carbons (Fsp3) is 0.632. The molecule has 0 aliphatic rings. The number of ether oxygens (including phenoxy) is 1. The van der Waals surface area contributed by atoms with E-state index in [-0.39, 0.29) is 11.1 Å². The van der Waals surface area contributed by atoms with Crippen LogP contribution < -0.4 is 0 Å². The fourth-order valence-corrected chi connectivity index (χ4v) is 3.29. The zero-order valence-corrected chi connectivity index (χ0v) is 16.9. The lowest BCUT2D eigenvalue weighted by atomic mass is 10.0. The molecule has 0 heterocycles. The molecule has 0 fully saturated rings. The number of carboxylic acids is 1. The Kier molecular flexibility index (Phi) is 7.64. The topological polar surface area (TPSA) is 55.8 Å². The predicted octanol–water partition coefficient (Wildman–Crippen LogP) is 4.74. The highest BCUT2D eigenvalue weighted by Crippen LogP contribution is 2.36. The molecule has 1 aromatic rings. The Balaban J connectivity index is 2.52. The summed E-state index contributed by atoms with van der Waals surface area (Å²) in [6, 6.07) is 7.19. The lowest BCUT2D eigenvalue weighted by molar-refractivity contribution is 0.0459. The minimum absolute atomic E-state index is 0.0520. The van der Waals surface area contributed by atoms with E-state index in [0.29, 0.717) is 12.2 Å². The van der Waals surface area contributed by atoms with Crippen molar-refractivity contribution >= 4 is 14.3 Å². The molecule has 0 spiro atoms. The van der Waals surface area contributed by atoms with Crippen LogP contribution >= 0.6 is 0 Å². The largest absolute Gasteiger partial charge is 0.478 e. The quantitative estimate of drug-likeness (QED) is 0.652. The number of hydrogen-bond donors (Lipinski definition) is 1. The molecule has 1 atom stereocenters. The van der Waals surface area contributed by atoms with Gasteiger partial charge in [-0.3, -0.25) is 0 Å². The lowest BCUT2D eigenvalue weighted by Crippen LogP contribution is -2.42. The molecule has 0 aromatic heterocycles.